The molecule has 16 heavy (non-hydrogen) atoms. The zero-order valence-electron chi connectivity index (χ0n) is 8.70. The third-order valence-electron chi connectivity index (χ3n) is 2.20. The number of halogens is 2. The van der Waals surface area contributed by atoms with E-state index in [0.717, 1.165) is 6.07 Å². The molecule has 0 aromatic heterocycles. The van der Waals surface area contributed by atoms with Crippen LogP contribution in [-0.2, 0) is 17.1 Å². The van der Waals surface area contributed by atoms with Gasteiger partial charge in [-0.1, -0.05) is 12.1 Å². The van der Waals surface area contributed by atoms with Gasteiger partial charge in [-0.05, 0) is 18.1 Å². The zero-order chi connectivity index (χ0) is 12.3. The maximum Gasteiger partial charge on any atom is 0.303 e. The van der Waals surface area contributed by atoms with Crippen molar-refractivity contribution in [2.75, 3.05) is 0 Å². The molecule has 1 aromatic carbocycles. The molecule has 2 N–H and O–H groups in total. The van der Waals surface area contributed by atoms with Crippen molar-refractivity contribution in [3.8, 4) is 5.75 Å². The van der Waals surface area contributed by atoms with Crippen LogP contribution in [0.1, 0.15) is 24.5 Å². The van der Waals surface area contributed by atoms with Crippen LogP contribution in [0.3, 0.4) is 0 Å². The van der Waals surface area contributed by atoms with Crippen molar-refractivity contribution in [2.24, 2.45) is 0 Å². The van der Waals surface area contributed by atoms with Crippen molar-refractivity contribution < 1.29 is 23.8 Å². The summed E-state index contributed by atoms with van der Waals surface area (Å²) in [6, 6.07) is 3.94. The van der Waals surface area contributed by atoms with Crippen molar-refractivity contribution in [1.82, 2.24) is 0 Å². The molecule has 0 radical (unpaired) electrons. The molecule has 3 nitrogen and oxygen atoms in total. The second-order valence-corrected chi connectivity index (χ2v) is 3.60. The van der Waals surface area contributed by atoms with E-state index >= 15 is 0 Å². The summed E-state index contributed by atoms with van der Waals surface area (Å²) in [4.78, 5) is 10.3. The highest BCUT2D eigenvalue weighted by atomic mass is 19.3. The number of alkyl halides is 2. The van der Waals surface area contributed by atoms with Crippen molar-refractivity contribution >= 4 is 5.97 Å². The van der Waals surface area contributed by atoms with E-state index in [1.165, 1.54) is 12.1 Å². The Labute approximate surface area is 91.3 Å². The van der Waals surface area contributed by atoms with Crippen LogP contribution in [0, 0.1) is 0 Å². The van der Waals surface area contributed by atoms with Crippen molar-refractivity contribution in [3.63, 3.8) is 0 Å². The van der Waals surface area contributed by atoms with E-state index in [1.807, 2.05) is 0 Å². The lowest BCUT2D eigenvalue weighted by atomic mass is 10.0. The minimum atomic E-state index is -3.14. The summed E-state index contributed by atoms with van der Waals surface area (Å²) in [6.45, 7) is 0.684. The van der Waals surface area contributed by atoms with Gasteiger partial charge in [0.2, 0.25) is 0 Å². The van der Waals surface area contributed by atoms with Gasteiger partial charge in [-0.15, -0.1) is 0 Å². The molecule has 0 heterocycles. The molecule has 5 heteroatoms. The van der Waals surface area contributed by atoms with Gasteiger partial charge in [0.15, 0.2) is 0 Å². The number of carboxylic acids is 1. The fraction of sp³-hybridized carbons (Fsp3) is 0.364. The fourth-order valence-electron chi connectivity index (χ4n) is 1.39. The van der Waals surface area contributed by atoms with Gasteiger partial charge in [-0.25, -0.2) is 8.78 Å². The van der Waals surface area contributed by atoms with Crippen LogP contribution in [0.25, 0.3) is 0 Å². The lowest BCUT2D eigenvalue weighted by molar-refractivity contribution is -0.136. The molecule has 0 aliphatic rings. The molecule has 0 bridgehead atoms. The van der Waals surface area contributed by atoms with E-state index < -0.39 is 23.2 Å². The number of carbonyl (C=O) groups is 1. The Balaban J connectivity index is 3.00. The van der Waals surface area contributed by atoms with Crippen LogP contribution in [0.15, 0.2) is 18.2 Å². The number of rotatable bonds is 4. The molecule has 0 amide bonds. The number of hydrogen-bond acceptors (Lipinski definition) is 2. The number of carboxylic acid groups (broad SMARTS) is 1. The molecule has 0 aliphatic heterocycles. The van der Waals surface area contributed by atoms with E-state index in [-0.39, 0.29) is 18.4 Å². The maximum absolute atomic E-state index is 13.0. The number of phenols is 1. The van der Waals surface area contributed by atoms with E-state index in [1.54, 1.807) is 0 Å². The van der Waals surface area contributed by atoms with Crippen LogP contribution in [0.4, 0.5) is 8.78 Å². The first-order chi connectivity index (χ1) is 7.32. The van der Waals surface area contributed by atoms with E-state index in [9.17, 15) is 18.7 Å². The van der Waals surface area contributed by atoms with E-state index in [4.69, 9.17) is 5.11 Å². The standard InChI is InChI=1S/C11H12F2O3/c1-11(12,13)8-4-2-3-7(10(8)16)5-6-9(14)15/h2-4,16H,5-6H2,1H3,(H,14,15). The summed E-state index contributed by atoms with van der Waals surface area (Å²) in [5, 5.41) is 18.0. The zero-order valence-corrected chi connectivity index (χ0v) is 8.70. The monoisotopic (exact) mass is 230 g/mol. The van der Waals surface area contributed by atoms with Crippen LogP contribution >= 0.6 is 0 Å². The molecule has 0 atom stereocenters. The van der Waals surface area contributed by atoms with Crippen LogP contribution in [0.2, 0.25) is 0 Å². The molecule has 0 fully saturated rings. The average molecular weight is 230 g/mol. The van der Waals surface area contributed by atoms with Crippen molar-refractivity contribution in [2.45, 2.75) is 25.7 Å². The van der Waals surface area contributed by atoms with Crippen molar-refractivity contribution in [3.05, 3.63) is 29.3 Å². The molecule has 1 rings (SSSR count). The highest BCUT2D eigenvalue weighted by Gasteiger charge is 2.28. The first-order valence-corrected chi connectivity index (χ1v) is 4.73. The number of aromatic hydroxyl groups is 1. The summed E-state index contributed by atoms with van der Waals surface area (Å²) in [5.41, 5.74) is -0.253. The van der Waals surface area contributed by atoms with Gasteiger partial charge in [0.25, 0.3) is 5.92 Å². The molecular weight excluding hydrogens is 218 g/mol. The largest absolute Gasteiger partial charge is 0.507 e. The minimum Gasteiger partial charge on any atom is -0.507 e. The molecule has 1 aromatic rings. The number of phenolic OH excluding ortho intramolecular Hbond substituents is 1. The van der Waals surface area contributed by atoms with E-state index in [2.05, 4.69) is 0 Å². The second-order valence-electron chi connectivity index (χ2n) is 3.60. The Morgan fingerprint density at radius 2 is 2.06 bits per heavy atom. The van der Waals surface area contributed by atoms with Crippen LogP contribution < -0.4 is 0 Å². The first kappa shape index (κ1) is 12.4. The Morgan fingerprint density at radius 3 is 2.56 bits per heavy atom. The lowest BCUT2D eigenvalue weighted by Gasteiger charge is -2.14. The lowest BCUT2D eigenvalue weighted by Crippen LogP contribution is -2.08. The minimum absolute atomic E-state index is 0.0328. The highest BCUT2D eigenvalue weighted by molar-refractivity contribution is 5.67. The number of hydrogen-bond donors (Lipinski definition) is 2. The van der Waals surface area contributed by atoms with Gasteiger partial charge >= 0.3 is 5.97 Å². The highest BCUT2D eigenvalue weighted by Crippen LogP contribution is 2.36. The Bertz CT molecular complexity index is 397. The Kier molecular flexibility index (Phi) is 3.47. The molecule has 0 spiro atoms. The topological polar surface area (TPSA) is 57.5 Å². The smallest absolute Gasteiger partial charge is 0.303 e. The van der Waals surface area contributed by atoms with Gasteiger partial charge in [-0.3, -0.25) is 4.79 Å². The van der Waals surface area contributed by atoms with Crippen LogP contribution in [0.5, 0.6) is 5.75 Å². The number of aryl methyl sites for hydroxylation is 1. The average Bonchev–Trinajstić information content (AvgIpc) is 2.14. The number of aliphatic carboxylic acids is 1. The summed E-state index contributed by atoms with van der Waals surface area (Å²) in [5.74, 6) is -4.69. The summed E-state index contributed by atoms with van der Waals surface area (Å²) in [7, 11) is 0. The van der Waals surface area contributed by atoms with Gasteiger partial charge in [-0.2, -0.15) is 0 Å². The third kappa shape index (κ3) is 2.92. The third-order valence-corrected chi connectivity index (χ3v) is 2.20. The Hall–Kier alpha value is -1.65. The molecule has 0 saturated carbocycles. The second kappa shape index (κ2) is 4.47. The SMILES string of the molecule is CC(F)(F)c1cccc(CCC(=O)O)c1O. The van der Waals surface area contributed by atoms with Gasteiger partial charge in [0, 0.05) is 13.3 Å². The molecule has 88 valence electrons. The summed E-state index contributed by atoms with van der Waals surface area (Å²) >= 11 is 0. The van der Waals surface area contributed by atoms with Crippen molar-refractivity contribution in [1.29, 1.82) is 0 Å². The maximum atomic E-state index is 13.0. The van der Waals surface area contributed by atoms with Gasteiger partial charge in [0.1, 0.15) is 5.75 Å². The summed E-state index contributed by atoms with van der Waals surface area (Å²) in [6.07, 6.45) is -0.169. The number of para-hydroxylation sites is 1. The van der Waals surface area contributed by atoms with Gasteiger partial charge in [0.05, 0.1) is 5.56 Å². The predicted octanol–water partition coefficient (Wildman–Crippen LogP) is 2.52. The summed E-state index contributed by atoms with van der Waals surface area (Å²) < 4.78 is 26.0. The van der Waals surface area contributed by atoms with E-state index in [0.29, 0.717) is 6.92 Å². The fourth-order valence-corrected chi connectivity index (χ4v) is 1.39. The quantitative estimate of drug-likeness (QED) is 0.835. The first-order valence-electron chi connectivity index (χ1n) is 4.73. The molecular formula is C11H12F2O3. The van der Waals surface area contributed by atoms with Crippen LogP contribution in [-0.4, -0.2) is 16.2 Å². The molecule has 0 unspecified atom stereocenters. The van der Waals surface area contributed by atoms with Gasteiger partial charge < -0.3 is 10.2 Å². The molecule has 0 saturated heterocycles. The Morgan fingerprint density at radius 1 is 1.44 bits per heavy atom. The molecule has 0 aliphatic carbocycles. The predicted molar refractivity (Wildman–Crippen MR) is 53.6 cm³/mol. The normalized spacial score (nSPS) is 11.4. The number of benzene rings is 1.